The summed E-state index contributed by atoms with van der Waals surface area (Å²) >= 11 is 0. The third-order valence-corrected chi connectivity index (χ3v) is 2.50. The number of carbonyl (C=O) groups is 1. The molecule has 1 N–H and O–H groups in total. The van der Waals surface area contributed by atoms with Gasteiger partial charge < -0.3 is 9.84 Å². The Labute approximate surface area is 117 Å². The highest BCUT2D eigenvalue weighted by atomic mass is 16.6. The minimum Gasteiger partial charge on any atom is -0.443 e. The molecule has 0 aliphatic heterocycles. The highest BCUT2D eigenvalue weighted by Crippen LogP contribution is 2.21. The first-order valence-corrected chi connectivity index (χ1v) is 6.20. The number of aromatic nitrogens is 2. The molecule has 0 spiro atoms. The zero-order chi connectivity index (χ0) is 14.8. The average molecular weight is 272 g/mol. The minimum atomic E-state index is -0.577. The topological polar surface area (TPSA) is 64.3 Å². The molecule has 2 aromatic rings. The Morgan fingerprint density at radius 3 is 2.90 bits per heavy atom. The Morgan fingerprint density at radius 1 is 1.50 bits per heavy atom. The van der Waals surface area contributed by atoms with Gasteiger partial charge in [-0.3, -0.25) is 4.98 Å². The number of hydrogen-bond donors (Lipinski definition) is 1. The number of aliphatic hydroxyl groups is 1. The lowest BCUT2D eigenvalue weighted by Crippen LogP contribution is -2.26. The Bertz CT molecular complexity index is 699. The molecule has 0 fully saturated rings. The molecular formula is C15H16N2O3. The second-order valence-electron chi connectivity index (χ2n) is 5.25. The Balaban J connectivity index is 2.51. The molecule has 20 heavy (non-hydrogen) atoms. The number of fused-ring (bicyclic) bond motifs is 1. The van der Waals surface area contributed by atoms with Crippen LogP contribution in [0.2, 0.25) is 0 Å². The van der Waals surface area contributed by atoms with Crippen LogP contribution >= 0.6 is 0 Å². The molecule has 0 bridgehead atoms. The molecular weight excluding hydrogens is 256 g/mol. The molecule has 0 amide bonds. The first-order valence-electron chi connectivity index (χ1n) is 6.20. The summed E-state index contributed by atoms with van der Waals surface area (Å²) in [5, 5.41) is 9.58. The van der Waals surface area contributed by atoms with E-state index in [4.69, 9.17) is 9.84 Å². The van der Waals surface area contributed by atoms with Gasteiger partial charge in [0.2, 0.25) is 0 Å². The van der Waals surface area contributed by atoms with Crippen molar-refractivity contribution in [3.05, 3.63) is 30.2 Å². The van der Waals surface area contributed by atoms with E-state index in [2.05, 4.69) is 16.8 Å². The van der Waals surface area contributed by atoms with Crippen LogP contribution in [0.15, 0.2) is 24.7 Å². The van der Waals surface area contributed by atoms with Crippen molar-refractivity contribution in [2.75, 3.05) is 6.61 Å². The van der Waals surface area contributed by atoms with Gasteiger partial charge in [-0.15, -0.1) is 0 Å². The zero-order valence-electron chi connectivity index (χ0n) is 11.7. The fraction of sp³-hybridized carbons (Fsp3) is 0.333. The summed E-state index contributed by atoms with van der Waals surface area (Å²) in [5.41, 5.74) is 0.707. The number of nitrogens with zero attached hydrogens (tertiary/aromatic N) is 2. The van der Waals surface area contributed by atoms with Gasteiger partial charge in [-0.25, -0.2) is 9.36 Å². The smallest absolute Gasteiger partial charge is 0.419 e. The summed E-state index contributed by atoms with van der Waals surface area (Å²) in [6.45, 7) is 5.19. The second kappa shape index (κ2) is 5.35. The van der Waals surface area contributed by atoms with Crippen LogP contribution < -0.4 is 0 Å². The second-order valence-corrected chi connectivity index (χ2v) is 5.25. The first-order chi connectivity index (χ1) is 9.42. The number of rotatable bonds is 0. The van der Waals surface area contributed by atoms with Crippen LogP contribution in [0.1, 0.15) is 26.3 Å². The molecule has 2 rings (SSSR count). The normalized spacial score (nSPS) is 11.0. The molecule has 104 valence electrons. The third kappa shape index (κ3) is 2.98. The molecule has 2 aromatic heterocycles. The van der Waals surface area contributed by atoms with E-state index < -0.39 is 11.7 Å². The molecule has 0 aliphatic carbocycles. The first kappa shape index (κ1) is 14.1. The number of carbonyl (C=O) groups excluding carboxylic acids is 1. The van der Waals surface area contributed by atoms with Crippen LogP contribution in [0.25, 0.3) is 10.9 Å². The van der Waals surface area contributed by atoms with Crippen molar-refractivity contribution in [1.82, 2.24) is 9.55 Å². The van der Waals surface area contributed by atoms with Gasteiger partial charge in [-0.05, 0) is 26.8 Å². The molecule has 0 aromatic carbocycles. The van der Waals surface area contributed by atoms with Gasteiger partial charge in [0, 0.05) is 17.8 Å². The van der Waals surface area contributed by atoms with E-state index in [9.17, 15) is 4.79 Å². The summed E-state index contributed by atoms with van der Waals surface area (Å²) < 4.78 is 6.73. The van der Waals surface area contributed by atoms with Gasteiger partial charge in [0.1, 0.15) is 12.2 Å². The standard InChI is InChI=1S/C15H16N2O3/c1-15(2,3)20-14(19)17-10-11(5-4-8-18)12-6-7-16-9-13(12)17/h6-7,9-10,18H,8H2,1-3H3. The number of aliphatic hydroxyl groups excluding tert-OH is 1. The van der Waals surface area contributed by atoms with Crippen molar-refractivity contribution in [2.45, 2.75) is 26.4 Å². The monoisotopic (exact) mass is 272 g/mol. The summed E-state index contributed by atoms with van der Waals surface area (Å²) in [4.78, 5) is 16.2. The van der Waals surface area contributed by atoms with Crippen LogP contribution in [0.5, 0.6) is 0 Å². The molecule has 0 unspecified atom stereocenters. The summed E-state index contributed by atoms with van der Waals surface area (Å²) in [7, 11) is 0. The van der Waals surface area contributed by atoms with Crippen molar-refractivity contribution in [3.8, 4) is 11.8 Å². The van der Waals surface area contributed by atoms with E-state index in [1.54, 1.807) is 45.4 Å². The minimum absolute atomic E-state index is 0.232. The van der Waals surface area contributed by atoms with Gasteiger partial charge >= 0.3 is 6.09 Å². The number of pyridine rings is 1. The van der Waals surface area contributed by atoms with Crippen molar-refractivity contribution >= 4 is 17.0 Å². The van der Waals surface area contributed by atoms with Gasteiger partial charge in [0.05, 0.1) is 17.3 Å². The predicted molar refractivity (Wildman–Crippen MR) is 75.3 cm³/mol. The van der Waals surface area contributed by atoms with Crippen molar-refractivity contribution in [2.24, 2.45) is 0 Å². The van der Waals surface area contributed by atoms with E-state index in [0.717, 1.165) is 5.39 Å². The Kier molecular flexibility index (Phi) is 3.77. The summed E-state index contributed by atoms with van der Waals surface area (Å²) in [5.74, 6) is 5.40. The largest absolute Gasteiger partial charge is 0.443 e. The van der Waals surface area contributed by atoms with Gasteiger partial charge in [-0.2, -0.15) is 0 Å². The lowest BCUT2D eigenvalue weighted by Gasteiger charge is -2.19. The van der Waals surface area contributed by atoms with E-state index >= 15 is 0 Å². The zero-order valence-corrected chi connectivity index (χ0v) is 11.7. The molecule has 0 aliphatic rings. The van der Waals surface area contributed by atoms with Crippen LogP contribution in [-0.4, -0.2) is 33.0 Å². The Morgan fingerprint density at radius 2 is 2.25 bits per heavy atom. The SMILES string of the molecule is CC(C)(C)OC(=O)n1cc(C#CCO)c2ccncc21. The van der Waals surface area contributed by atoms with Gasteiger partial charge in [0.15, 0.2) is 0 Å². The maximum absolute atomic E-state index is 12.2. The molecule has 0 saturated carbocycles. The van der Waals surface area contributed by atoms with Gasteiger partial charge in [0.25, 0.3) is 0 Å². The fourth-order valence-electron chi connectivity index (χ4n) is 1.77. The molecule has 0 atom stereocenters. The molecule has 0 saturated heterocycles. The fourth-order valence-corrected chi connectivity index (χ4v) is 1.77. The lowest BCUT2D eigenvalue weighted by molar-refractivity contribution is 0.0544. The number of hydrogen-bond acceptors (Lipinski definition) is 4. The molecule has 2 heterocycles. The maximum atomic E-state index is 12.2. The van der Waals surface area contributed by atoms with Gasteiger partial charge in [-0.1, -0.05) is 11.8 Å². The van der Waals surface area contributed by atoms with Crippen molar-refractivity contribution in [3.63, 3.8) is 0 Å². The quantitative estimate of drug-likeness (QED) is 0.746. The van der Waals surface area contributed by atoms with Crippen molar-refractivity contribution < 1.29 is 14.6 Å². The van der Waals surface area contributed by atoms with Crippen LogP contribution in [-0.2, 0) is 4.74 Å². The third-order valence-electron chi connectivity index (χ3n) is 2.50. The van der Waals surface area contributed by atoms with E-state index in [1.165, 1.54) is 4.57 Å². The Hall–Kier alpha value is -2.32. The number of ether oxygens (including phenoxy) is 1. The van der Waals surface area contributed by atoms with Crippen LogP contribution in [0.4, 0.5) is 4.79 Å². The predicted octanol–water partition coefficient (Wildman–Crippen LogP) is 2.16. The highest BCUT2D eigenvalue weighted by Gasteiger charge is 2.20. The van der Waals surface area contributed by atoms with E-state index in [1.807, 2.05) is 0 Å². The maximum Gasteiger partial charge on any atom is 0.419 e. The molecule has 5 nitrogen and oxygen atoms in total. The highest BCUT2D eigenvalue weighted by molar-refractivity contribution is 5.93. The van der Waals surface area contributed by atoms with Crippen LogP contribution in [0.3, 0.4) is 0 Å². The average Bonchev–Trinajstić information content (AvgIpc) is 2.73. The lowest BCUT2D eigenvalue weighted by atomic mass is 10.2. The summed E-state index contributed by atoms with van der Waals surface area (Å²) in [6, 6.07) is 1.78. The van der Waals surface area contributed by atoms with E-state index in [-0.39, 0.29) is 6.61 Å². The molecule has 0 radical (unpaired) electrons. The summed E-state index contributed by atoms with van der Waals surface area (Å²) in [6.07, 6.45) is 4.34. The van der Waals surface area contributed by atoms with E-state index in [0.29, 0.717) is 11.1 Å². The molecule has 5 heteroatoms. The van der Waals surface area contributed by atoms with Crippen molar-refractivity contribution in [1.29, 1.82) is 0 Å². The van der Waals surface area contributed by atoms with Crippen LogP contribution in [0, 0.1) is 11.8 Å².